The highest BCUT2D eigenvalue weighted by Crippen LogP contribution is 2.23. The zero-order chi connectivity index (χ0) is 17.6. The fourth-order valence-corrected chi connectivity index (χ4v) is 3.32. The molecule has 0 unspecified atom stereocenters. The van der Waals surface area contributed by atoms with Crippen LogP contribution in [0.25, 0.3) is 10.9 Å². The normalized spacial score (nSPS) is 13.0. The van der Waals surface area contributed by atoms with Crippen molar-refractivity contribution in [3.05, 3.63) is 68.7 Å². The van der Waals surface area contributed by atoms with Crippen molar-refractivity contribution in [3.8, 4) is 5.75 Å². The smallest absolute Gasteiger partial charge is 0.343 e. The predicted octanol–water partition coefficient (Wildman–Crippen LogP) is 3.52. The Labute approximate surface area is 148 Å². The van der Waals surface area contributed by atoms with Gasteiger partial charge >= 0.3 is 5.97 Å². The summed E-state index contributed by atoms with van der Waals surface area (Å²) in [6, 6.07) is 9.92. The summed E-state index contributed by atoms with van der Waals surface area (Å²) in [7, 11) is 0. The number of fused-ring (bicyclic) bond motifs is 2. The minimum atomic E-state index is -0.491. The van der Waals surface area contributed by atoms with Gasteiger partial charge in [0.2, 0.25) is 0 Å². The van der Waals surface area contributed by atoms with E-state index in [1.54, 1.807) is 41.0 Å². The molecule has 0 N–H and O–H groups in total. The van der Waals surface area contributed by atoms with Gasteiger partial charge in [0.25, 0.3) is 5.56 Å². The van der Waals surface area contributed by atoms with Crippen LogP contribution in [-0.2, 0) is 13.0 Å². The number of halogens is 1. The largest absolute Gasteiger partial charge is 0.423 e. The molecule has 0 saturated carbocycles. The van der Waals surface area contributed by atoms with E-state index in [1.807, 2.05) is 6.92 Å². The summed E-state index contributed by atoms with van der Waals surface area (Å²) in [5.74, 6) is 0.739. The van der Waals surface area contributed by atoms with Gasteiger partial charge in [-0.3, -0.25) is 9.36 Å². The molecule has 0 bridgehead atoms. The molecule has 1 aromatic heterocycles. The minimum absolute atomic E-state index is 0.0500. The molecule has 0 aliphatic carbocycles. The number of nitrogens with zero attached hydrogens (tertiary/aromatic N) is 2. The summed E-state index contributed by atoms with van der Waals surface area (Å²) in [5, 5.41) is 1.10. The first kappa shape index (κ1) is 15.8. The van der Waals surface area contributed by atoms with Crippen molar-refractivity contribution in [3.63, 3.8) is 0 Å². The standard InChI is InChI=1S/C19H15ClN2O3/c1-11-9-13(20)5-7-16(11)25-19(24)12-4-6-14-15(10-12)21-17-3-2-8-22(17)18(14)23/h4-7,9-10H,2-3,8H2,1H3. The van der Waals surface area contributed by atoms with E-state index in [0.29, 0.717) is 33.8 Å². The molecular weight excluding hydrogens is 340 g/mol. The van der Waals surface area contributed by atoms with Crippen LogP contribution >= 0.6 is 11.6 Å². The summed E-state index contributed by atoms with van der Waals surface area (Å²) >= 11 is 5.92. The number of ether oxygens (including phenoxy) is 1. The zero-order valence-electron chi connectivity index (χ0n) is 13.6. The average molecular weight is 355 g/mol. The molecule has 1 aliphatic rings. The third-order valence-electron chi connectivity index (χ3n) is 4.39. The topological polar surface area (TPSA) is 61.2 Å². The molecular formula is C19H15ClN2O3. The quantitative estimate of drug-likeness (QED) is 0.522. The Hall–Kier alpha value is -2.66. The monoisotopic (exact) mass is 354 g/mol. The maximum Gasteiger partial charge on any atom is 0.343 e. The highest BCUT2D eigenvalue weighted by atomic mass is 35.5. The predicted molar refractivity (Wildman–Crippen MR) is 95.5 cm³/mol. The van der Waals surface area contributed by atoms with Crippen molar-refractivity contribution in [1.82, 2.24) is 9.55 Å². The van der Waals surface area contributed by atoms with Crippen LogP contribution in [0.3, 0.4) is 0 Å². The van der Waals surface area contributed by atoms with Gasteiger partial charge in [-0.1, -0.05) is 11.6 Å². The number of carbonyl (C=O) groups excluding carboxylic acids is 1. The first-order chi connectivity index (χ1) is 12.0. The number of hydrogen-bond acceptors (Lipinski definition) is 4. The maximum atomic E-state index is 12.5. The zero-order valence-corrected chi connectivity index (χ0v) is 14.3. The van der Waals surface area contributed by atoms with Gasteiger partial charge in [-0.2, -0.15) is 0 Å². The van der Waals surface area contributed by atoms with Crippen LogP contribution in [-0.4, -0.2) is 15.5 Å². The van der Waals surface area contributed by atoms with Crippen LogP contribution < -0.4 is 10.3 Å². The Balaban J connectivity index is 1.70. The van der Waals surface area contributed by atoms with E-state index in [9.17, 15) is 9.59 Å². The first-order valence-electron chi connectivity index (χ1n) is 8.05. The van der Waals surface area contributed by atoms with Gasteiger partial charge in [0.15, 0.2) is 0 Å². The fourth-order valence-electron chi connectivity index (χ4n) is 3.10. The van der Waals surface area contributed by atoms with Crippen molar-refractivity contribution in [2.75, 3.05) is 0 Å². The molecule has 0 saturated heterocycles. The third kappa shape index (κ3) is 2.81. The molecule has 6 heteroatoms. The Kier molecular flexibility index (Phi) is 3.81. The second kappa shape index (κ2) is 6.01. The molecule has 2 aromatic carbocycles. The third-order valence-corrected chi connectivity index (χ3v) is 4.63. The summed E-state index contributed by atoms with van der Waals surface area (Å²) in [4.78, 5) is 29.4. The minimum Gasteiger partial charge on any atom is -0.423 e. The molecule has 126 valence electrons. The van der Waals surface area contributed by atoms with Crippen LogP contribution in [0.1, 0.15) is 28.2 Å². The highest BCUT2D eigenvalue weighted by Gasteiger charge is 2.18. The van der Waals surface area contributed by atoms with E-state index in [0.717, 1.165) is 24.2 Å². The molecule has 0 amide bonds. The average Bonchev–Trinajstić information content (AvgIpc) is 3.05. The number of aromatic nitrogens is 2. The van der Waals surface area contributed by atoms with Crippen molar-refractivity contribution in [2.24, 2.45) is 0 Å². The number of benzene rings is 2. The van der Waals surface area contributed by atoms with Crippen LogP contribution in [0.4, 0.5) is 0 Å². The van der Waals surface area contributed by atoms with Gasteiger partial charge < -0.3 is 4.74 Å². The van der Waals surface area contributed by atoms with Gasteiger partial charge in [-0.25, -0.2) is 9.78 Å². The van der Waals surface area contributed by atoms with Crippen molar-refractivity contribution in [1.29, 1.82) is 0 Å². The molecule has 2 heterocycles. The van der Waals surface area contributed by atoms with Crippen LogP contribution in [0, 0.1) is 6.92 Å². The Morgan fingerprint density at radius 3 is 2.88 bits per heavy atom. The molecule has 0 fully saturated rings. The maximum absolute atomic E-state index is 12.5. The number of aryl methyl sites for hydroxylation is 2. The van der Waals surface area contributed by atoms with Crippen LogP contribution in [0.5, 0.6) is 5.75 Å². The lowest BCUT2D eigenvalue weighted by molar-refractivity contribution is 0.0733. The molecule has 0 radical (unpaired) electrons. The summed E-state index contributed by atoms with van der Waals surface area (Å²) < 4.78 is 7.16. The number of carbonyl (C=O) groups is 1. The summed E-state index contributed by atoms with van der Waals surface area (Å²) in [6.45, 7) is 2.53. The van der Waals surface area contributed by atoms with E-state index in [2.05, 4.69) is 4.98 Å². The Bertz CT molecular complexity index is 1070. The van der Waals surface area contributed by atoms with Crippen LogP contribution in [0.15, 0.2) is 41.2 Å². The van der Waals surface area contributed by atoms with E-state index in [-0.39, 0.29) is 5.56 Å². The van der Waals surface area contributed by atoms with Gasteiger partial charge in [-0.05, 0) is 55.3 Å². The first-order valence-corrected chi connectivity index (χ1v) is 8.42. The molecule has 3 aromatic rings. The van der Waals surface area contributed by atoms with Gasteiger partial charge in [0.1, 0.15) is 11.6 Å². The van der Waals surface area contributed by atoms with Crippen molar-refractivity contribution >= 4 is 28.5 Å². The number of esters is 1. The van der Waals surface area contributed by atoms with E-state index >= 15 is 0 Å². The van der Waals surface area contributed by atoms with E-state index in [4.69, 9.17) is 16.3 Å². The molecule has 25 heavy (non-hydrogen) atoms. The number of rotatable bonds is 2. The van der Waals surface area contributed by atoms with Gasteiger partial charge in [0, 0.05) is 18.0 Å². The lowest BCUT2D eigenvalue weighted by Crippen LogP contribution is -2.21. The number of hydrogen-bond donors (Lipinski definition) is 0. The second-order valence-corrected chi connectivity index (χ2v) is 6.56. The lowest BCUT2D eigenvalue weighted by Gasteiger charge is -2.09. The Morgan fingerprint density at radius 2 is 2.08 bits per heavy atom. The van der Waals surface area contributed by atoms with Crippen LogP contribution in [0.2, 0.25) is 5.02 Å². The molecule has 4 rings (SSSR count). The molecule has 1 aliphatic heterocycles. The highest BCUT2D eigenvalue weighted by molar-refractivity contribution is 6.30. The van der Waals surface area contributed by atoms with E-state index in [1.165, 1.54) is 0 Å². The van der Waals surface area contributed by atoms with E-state index < -0.39 is 5.97 Å². The Morgan fingerprint density at radius 1 is 1.24 bits per heavy atom. The summed E-state index contributed by atoms with van der Waals surface area (Å²) in [6.07, 6.45) is 1.70. The summed E-state index contributed by atoms with van der Waals surface area (Å²) in [5.41, 5.74) is 1.61. The van der Waals surface area contributed by atoms with Crippen molar-refractivity contribution in [2.45, 2.75) is 26.3 Å². The van der Waals surface area contributed by atoms with Gasteiger partial charge in [-0.15, -0.1) is 0 Å². The molecule has 0 atom stereocenters. The van der Waals surface area contributed by atoms with Crippen molar-refractivity contribution < 1.29 is 9.53 Å². The fraction of sp³-hybridized carbons (Fsp3) is 0.211. The SMILES string of the molecule is Cc1cc(Cl)ccc1OC(=O)c1ccc2c(=O)n3c(nc2c1)CCC3. The lowest BCUT2D eigenvalue weighted by atomic mass is 10.1. The molecule has 0 spiro atoms. The molecule has 5 nitrogen and oxygen atoms in total. The second-order valence-electron chi connectivity index (χ2n) is 6.12. The van der Waals surface area contributed by atoms with Gasteiger partial charge in [0.05, 0.1) is 16.5 Å².